The third-order valence-corrected chi connectivity index (χ3v) is 5.04. The number of fused-ring (bicyclic) bond motifs is 2. The number of aromatic nitrogens is 3. The maximum absolute atomic E-state index is 12.6. The molecular formula is C19H16N4OS. The van der Waals surface area contributed by atoms with Crippen LogP contribution >= 0.6 is 11.3 Å². The highest BCUT2D eigenvalue weighted by molar-refractivity contribution is 7.18. The summed E-state index contributed by atoms with van der Waals surface area (Å²) in [7, 11) is 0. The molecule has 124 valence electrons. The van der Waals surface area contributed by atoms with Gasteiger partial charge in [-0.2, -0.15) is 0 Å². The average molecular weight is 348 g/mol. The van der Waals surface area contributed by atoms with Gasteiger partial charge in [-0.1, -0.05) is 0 Å². The second kappa shape index (κ2) is 5.89. The van der Waals surface area contributed by atoms with E-state index in [1.165, 1.54) is 0 Å². The quantitative estimate of drug-likeness (QED) is 0.582. The normalized spacial score (nSPS) is 11.2. The molecule has 0 unspecified atom stereocenters. The molecule has 0 radical (unpaired) electrons. The molecule has 4 aromatic rings. The molecule has 0 aliphatic rings. The van der Waals surface area contributed by atoms with Gasteiger partial charge in [-0.25, -0.2) is 15.0 Å². The van der Waals surface area contributed by atoms with Crippen LogP contribution in [0.4, 0.5) is 5.69 Å². The first kappa shape index (κ1) is 15.7. The number of carbonyl (C=O) groups excluding carboxylic acids is 1. The van der Waals surface area contributed by atoms with Gasteiger partial charge in [0, 0.05) is 11.3 Å². The lowest BCUT2D eigenvalue weighted by atomic mass is 10.1. The van der Waals surface area contributed by atoms with E-state index in [2.05, 4.69) is 20.3 Å². The molecule has 1 N–H and O–H groups in total. The van der Waals surface area contributed by atoms with Gasteiger partial charge in [0.15, 0.2) is 0 Å². The summed E-state index contributed by atoms with van der Waals surface area (Å²) in [6, 6.07) is 11.1. The van der Waals surface area contributed by atoms with Crippen molar-refractivity contribution >= 4 is 44.2 Å². The number of rotatable bonds is 2. The first-order valence-corrected chi connectivity index (χ1v) is 8.75. The molecule has 2 aromatic heterocycles. The van der Waals surface area contributed by atoms with Crippen LogP contribution in [0.1, 0.15) is 26.8 Å². The molecule has 0 atom stereocenters. The van der Waals surface area contributed by atoms with Gasteiger partial charge < -0.3 is 5.32 Å². The minimum absolute atomic E-state index is 0.173. The Hall–Kier alpha value is -2.86. The fourth-order valence-corrected chi connectivity index (χ4v) is 3.50. The molecule has 2 aromatic carbocycles. The minimum Gasteiger partial charge on any atom is -0.322 e. The average Bonchev–Trinajstić information content (AvgIpc) is 2.94. The van der Waals surface area contributed by atoms with Crippen LogP contribution in [0.25, 0.3) is 21.3 Å². The van der Waals surface area contributed by atoms with Crippen molar-refractivity contribution in [3.63, 3.8) is 0 Å². The molecule has 6 heteroatoms. The predicted octanol–water partition coefficient (Wildman–Crippen LogP) is 4.42. The van der Waals surface area contributed by atoms with Crippen molar-refractivity contribution in [3.8, 4) is 0 Å². The summed E-state index contributed by atoms with van der Waals surface area (Å²) < 4.78 is 1.11. The van der Waals surface area contributed by atoms with E-state index in [1.54, 1.807) is 23.5 Å². The smallest absolute Gasteiger partial charge is 0.255 e. The van der Waals surface area contributed by atoms with Gasteiger partial charge in [-0.15, -0.1) is 11.3 Å². The van der Waals surface area contributed by atoms with Crippen LogP contribution in [0.5, 0.6) is 0 Å². The number of carbonyl (C=O) groups is 1. The first-order valence-electron chi connectivity index (χ1n) is 7.93. The molecule has 0 saturated carbocycles. The molecule has 4 rings (SSSR count). The molecule has 0 spiro atoms. The Labute approximate surface area is 148 Å². The van der Waals surface area contributed by atoms with Gasteiger partial charge in [-0.05, 0) is 57.2 Å². The topological polar surface area (TPSA) is 67.8 Å². The highest BCUT2D eigenvalue weighted by Gasteiger charge is 2.10. The maximum atomic E-state index is 12.6. The Morgan fingerprint density at radius 3 is 2.44 bits per heavy atom. The van der Waals surface area contributed by atoms with Crippen LogP contribution in [-0.2, 0) is 0 Å². The van der Waals surface area contributed by atoms with Gasteiger partial charge in [0.25, 0.3) is 5.91 Å². The zero-order valence-corrected chi connectivity index (χ0v) is 14.9. The van der Waals surface area contributed by atoms with Crippen LogP contribution in [0.2, 0.25) is 0 Å². The van der Waals surface area contributed by atoms with Crippen molar-refractivity contribution in [3.05, 3.63) is 58.4 Å². The fourth-order valence-electron chi connectivity index (χ4n) is 2.70. The van der Waals surface area contributed by atoms with Crippen LogP contribution < -0.4 is 5.32 Å². The molecule has 1 amide bonds. The maximum Gasteiger partial charge on any atom is 0.255 e. The third-order valence-electron chi connectivity index (χ3n) is 4.09. The van der Waals surface area contributed by atoms with Crippen molar-refractivity contribution in [2.24, 2.45) is 0 Å². The number of thiazole rings is 1. The van der Waals surface area contributed by atoms with E-state index < -0.39 is 0 Å². The lowest BCUT2D eigenvalue weighted by molar-refractivity contribution is 0.102. The number of hydrogen-bond donors (Lipinski definition) is 1. The van der Waals surface area contributed by atoms with Crippen molar-refractivity contribution in [1.29, 1.82) is 0 Å². The second-order valence-corrected chi connectivity index (χ2v) is 7.20. The van der Waals surface area contributed by atoms with E-state index in [-0.39, 0.29) is 5.91 Å². The number of aryl methyl sites for hydroxylation is 3. The summed E-state index contributed by atoms with van der Waals surface area (Å²) in [5.74, 6) is -0.173. The summed E-state index contributed by atoms with van der Waals surface area (Å²) >= 11 is 1.64. The van der Waals surface area contributed by atoms with Crippen LogP contribution in [-0.4, -0.2) is 20.9 Å². The van der Waals surface area contributed by atoms with Gasteiger partial charge in [-0.3, -0.25) is 4.79 Å². The van der Waals surface area contributed by atoms with E-state index in [0.717, 1.165) is 43.3 Å². The summed E-state index contributed by atoms with van der Waals surface area (Å²) in [4.78, 5) is 26.0. The third kappa shape index (κ3) is 2.96. The highest BCUT2D eigenvalue weighted by Crippen LogP contribution is 2.25. The molecule has 0 fully saturated rings. The van der Waals surface area contributed by atoms with Gasteiger partial charge >= 0.3 is 0 Å². The van der Waals surface area contributed by atoms with Crippen LogP contribution in [0, 0.1) is 20.8 Å². The molecule has 0 bridgehead atoms. The van der Waals surface area contributed by atoms with E-state index in [0.29, 0.717) is 5.56 Å². The number of benzene rings is 2. The van der Waals surface area contributed by atoms with E-state index in [4.69, 9.17) is 0 Å². The molecule has 0 saturated heterocycles. The van der Waals surface area contributed by atoms with Gasteiger partial charge in [0.05, 0.1) is 37.6 Å². The second-order valence-electron chi connectivity index (χ2n) is 5.97. The number of amides is 1. The van der Waals surface area contributed by atoms with Crippen LogP contribution in [0.3, 0.4) is 0 Å². The summed E-state index contributed by atoms with van der Waals surface area (Å²) in [5.41, 5.74) is 5.47. The van der Waals surface area contributed by atoms with Crippen molar-refractivity contribution in [2.75, 3.05) is 5.32 Å². The monoisotopic (exact) mass is 348 g/mol. The number of anilines is 1. The Kier molecular flexibility index (Phi) is 3.69. The fraction of sp³-hybridized carbons (Fsp3) is 0.158. The Bertz CT molecular complexity index is 1130. The summed E-state index contributed by atoms with van der Waals surface area (Å²) in [6.07, 6.45) is 0. The van der Waals surface area contributed by atoms with Crippen molar-refractivity contribution < 1.29 is 4.79 Å². The SMILES string of the molecule is Cc1nc2cc(NC(=O)c3ccc4nc(C)c(C)nc4c3)ccc2s1. The van der Waals surface area contributed by atoms with E-state index >= 15 is 0 Å². The van der Waals surface area contributed by atoms with Gasteiger partial charge in [0.1, 0.15) is 0 Å². The number of nitrogens with one attached hydrogen (secondary N) is 1. The molecular weight excluding hydrogens is 332 g/mol. The summed E-state index contributed by atoms with van der Waals surface area (Å²) in [5, 5.41) is 3.94. The highest BCUT2D eigenvalue weighted by atomic mass is 32.1. The summed E-state index contributed by atoms with van der Waals surface area (Å²) in [6.45, 7) is 5.82. The van der Waals surface area contributed by atoms with Gasteiger partial charge in [0.2, 0.25) is 0 Å². The molecule has 25 heavy (non-hydrogen) atoms. The van der Waals surface area contributed by atoms with E-state index in [1.807, 2.05) is 45.0 Å². The van der Waals surface area contributed by atoms with Crippen molar-refractivity contribution in [2.45, 2.75) is 20.8 Å². The zero-order chi connectivity index (χ0) is 17.6. The number of hydrogen-bond acceptors (Lipinski definition) is 5. The molecule has 5 nitrogen and oxygen atoms in total. The van der Waals surface area contributed by atoms with Crippen LogP contribution in [0.15, 0.2) is 36.4 Å². The Balaban J connectivity index is 1.65. The Morgan fingerprint density at radius 2 is 1.64 bits per heavy atom. The number of nitrogens with zero attached hydrogens (tertiary/aromatic N) is 3. The standard InChI is InChI=1S/C19H16N4OS/c1-10-11(2)21-16-8-13(4-6-15(16)20-10)19(24)23-14-5-7-18-17(9-14)22-12(3)25-18/h4-9H,1-3H3,(H,23,24). The predicted molar refractivity (Wildman–Crippen MR) is 101 cm³/mol. The zero-order valence-electron chi connectivity index (χ0n) is 14.1. The largest absolute Gasteiger partial charge is 0.322 e. The first-order chi connectivity index (χ1) is 12.0. The van der Waals surface area contributed by atoms with E-state index in [9.17, 15) is 4.79 Å². The molecule has 0 aliphatic carbocycles. The molecule has 2 heterocycles. The molecule has 0 aliphatic heterocycles. The Morgan fingerprint density at radius 1 is 0.880 bits per heavy atom. The lowest BCUT2D eigenvalue weighted by Crippen LogP contribution is -2.12. The van der Waals surface area contributed by atoms with Crippen molar-refractivity contribution in [1.82, 2.24) is 15.0 Å². The minimum atomic E-state index is -0.173. The lowest BCUT2D eigenvalue weighted by Gasteiger charge is -2.07.